The van der Waals surface area contributed by atoms with Crippen LogP contribution in [0.2, 0.25) is 10.0 Å². The quantitative estimate of drug-likeness (QED) is 0.672. The number of furan rings is 1. The van der Waals surface area contributed by atoms with Crippen LogP contribution in [-0.4, -0.2) is 21.9 Å². The van der Waals surface area contributed by atoms with E-state index in [-0.39, 0.29) is 22.8 Å². The molecule has 3 aromatic rings. The first-order valence-corrected chi connectivity index (χ1v) is 8.11. The highest BCUT2D eigenvalue weighted by Crippen LogP contribution is 2.26. The maximum Gasteiger partial charge on any atom is 0.284 e. The number of aromatic nitrogens is 2. The number of thioether (sulfide) groups is 1. The van der Waals surface area contributed by atoms with E-state index in [4.69, 9.17) is 32.0 Å². The average Bonchev–Trinajstić information content (AvgIpc) is 3.18. The molecule has 118 valence electrons. The van der Waals surface area contributed by atoms with Crippen LogP contribution in [0.5, 0.6) is 0 Å². The summed E-state index contributed by atoms with van der Waals surface area (Å²) < 4.78 is 10.5. The Bertz CT molecular complexity index is 821. The van der Waals surface area contributed by atoms with Gasteiger partial charge < -0.3 is 14.2 Å². The van der Waals surface area contributed by atoms with Crippen LogP contribution in [0.4, 0.5) is 5.69 Å². The highest BCUT2D eigenvalue weighted by molar-refractivity contribution is 7.99. The minimum absolute atomic E-state index is 0.0960. The van der Waals surface area contributed by atoms with Gasteiger partial charge in [-0.2, -0.15) is 0 Å². The predicted octanol–water partition coefficient (Wildman–Crippen LogP) is 4.37. The lowest BCUT2D eigenvalue weighted by Gasteiger charge is -2.06. The van der Waals surface area contributed by atoms with Crippen LogP contribution in [-0.2, 0) is 4.79 Å². The number of hydrogen-bond donors (Lipinski definition) is 1. The van der Waals surface area contributed by atoms with E-state index in [2.05, 4.69) is 15.5 Å². The second-order valence-electron chi connectivity index (χ2n) is 4.31. The molecule has 23 heavy (non-hydrogen) atoms. The first-order valence-electron chi connectivity index (χ1n) is 6.37. The molecule has 0 atom stereocenters. The second kappa shape index (κ2) is 7.08. The third-order valence-corrected chi connectivity index (χ3v) is 4.04. The van der Waals surface area contributed by atoms with Gasteiger partial charge in [-0.1, -0.05) is 35.0 Å². The Morgan fingerprint density at radius 1 is 1.26 bits per heavy atom. The van der Waals surface area contributed by atoms with Gasteiger partial charge in [0.1, 0.15) is 0 Å². The molecule has 0 saturated carbocycles. The number of halogens is 2. The molecule has 2 aromatic heterocycles. The summed E-state index contributed by atoms with van der Waals surface area (Å²) in [6.07, 6.45) is 1.51. The Labute approximate surface area is 145 Å². The lowest BCUT2D eigenvalue weighted by atomic mass is 10.3. The third kappa shape index (κ3) is 4.07. The van der Waals surface area contributed by atoms with E-state index >= 15 is 0 Å². The first-order chi connectivity index (χ1) is 11.1. The summed E-state index contributed by atoms with van der Waals surface area (Å²) in [5.41, 5.74) is 0.489. The summed E-state index contributed by atoms with van der Waals surface area (Å²) in [6, 6.07) is 8.26. The molecule has 2 heterocycles. The van der Waals surface area contributed by atoms with Crippen LogP contribution in [0.25, 0.3) is 11.7 Å². The van der Waals surface area contributed by atoms with Crippen LogP contribution in [0, 0.1) is 0 Å². The van der Waals surface area contributed by atoms with E-state index in [9.17, 15) is 4.79 Å². The van der Waals surface area contributed by atoms with E-state index in [1.165, 1.54) is 6.26 Å². The molecule has 0 fully saturated rings. The van der Waals surface area contributed by atoms with Crippen molar-refractivity contribution in [3.63, 3.8) is 0 Å². The first kappa shape index (κ1) is 15.9. The third-order valence-electron chi connectivity index (χ3n) is 2.67. The largest absolute Gasteiger partial charge is 0.459 e. The van der Waals surface area contributed by atoms with E-state index in [0.29, 0.717) is 21.5 Å². The van der Waals surface area contributed by atoms with Crippen LogP contribution >= 0.6 is 35.0 Å². The number of carbonyl (C=O) groups is 1. The topological polar surface area (TPSA) is 81.2 Å². The standard InChI is InChI=1S/C14H9Cl2N3O3S/c15-8-3-4-10(9(16)6-8)17-12(20)7-23-14-19-18-13(22-14)11-2-1-5-21-11/h1-6H,7H2,(H,17,20). The number of amides is 1. The SMILES string of the molecule is O=C(CSc1nnc(-c2ccco2)o1)Nc1ccc(Cl)cc1Cl. The second-order valence-corrected chi connectivity index (χ2v) is 6.08. The van der Waals surface area contributed by atoms with Crippen molar-refractivity contribution in [2.75, 3.05) is 11.1 Å². The Kier molecular flexibility index (Phi) is 4.90. The van der Waals surface area contributed by atoms with Crippen LogP contribution in [0.15, 0.2) is 50.7 Å². The van der Waals surface area contributed by atoms with Crippen LogP contribution in [0.1, 0.15) is 0 Å². The van der Waals surface area contributed by atoms with Crippen molar-refractivity contribution in [3.8, 4) is 11.7 Å². The van der Waals surface area contributed by atoms with Gasteiger partial charge in [-0.05, 0) is 30.3 Å². The highest BCUT2D eigenvalue weighted by Gasteiger charge is 2.13. The molecular formula is C14H9Cl2N3O3S. The molecule has 1 N–H and O–H groups in total. The number of carbonyl (C=O) groups excluding carboxylic acids is 1. The van der Waals surface area contributed by atoms with Gasteiger partial charge in [0.05, 0.1) is 22.7 Å². The normalized spacial score (nSPS) is 10.7. The van der Waals surface area contributed by atoms with E-state index in [1.807, 2.05) is 0 Å². The zero-order valence-corrected chi connectivity index (χ0v) is 13.8. The average molecular weight is 370 g/mol. The Balaban J connectivity index is 1.57. The van der Waals surface area contributed by atoms with Crippen molar-refractivity contribution in [3.05, 3.63) is 46.6 Å². The maximum atomic E-state index is 11.9. The number of nitrogens with zero attached hydrogens (tertiary/aromatic N) is 2. The number of nitrogens with one attached hydrogen (secondary N) is 1. The van der Waals surface area contributed by atoms with Crippen molar-refractivity contribution in [2.45, 2.75) is 5.22 Å². The fourth-order valence-electron chi connectivity index (χ4n) is 1.67. The molecule has 3 rings (SSSR count). The summed E-state index contributed by atoms with van der Waals surface area (Å²) >= 11 is 12.9. The molecule has 9 heteroatoms. The van der Waals surface area contributed by atoms with Crippen molar-refractivity contribution in [1.82, 2.24) is 10.2 Å². The van der Waals surface area contributed by atoms with Crippen molar-refractivity contribution in [2.24, 2.45) is 0 Å². The molecule has 6 nitrogen and oxygen atoms in total. The minimum Gasteiger partial charge on any atom is -0.459 e. The van der Waals surface area contributed by atoms with Gasteiger partial charge in [0.15, 0.2) is 5.76 Å². The predicted molar refractivity (Wildman–Crippen MR) is 87.8 cm³/mol. The minimum atomic E-state index is -0.253. The molecule has 0 unspecified atom stereocenters. The monoisotopic (exact) mass is 369 g/mol. The Hall–Kier alpha value is -1.96. The zero-order valence-electron chi connectivity index (χ0n) is 11.5. The molecule has 0 spiro atoms. The number of rotatable bonds is 5. The molecular weight excluding hydrogens is 361 g/mol. The van der Waals surface area contributed by atoms with Gasteiger partial charge in [-0.15, -0.1) is 10.2 Å². The molecule has 0 aliphatic heterocycles. The summed E-state index contributed by atoms with van der Waals surface area (Å²) in [5, 5.41) is 11.5. The van der Waals surface area contributed by atoms with Crippen molar-refractivity contribution in [1.29, 1.82) is 0 Å². The van der Waals surface area contributed by atoms with E-state index < -0.39 is 0 Å². The zero-order chi connectivity index (χ0) is 16.2. The van der Waals surface area contributed by atoms with Gasteiger partial charge in [0, 0.05) is 5.02 Å². The van der Waals surface area contributed by atoms with Gasteiger partial charge in [-0.3, -0.25) is 4.79 Å². The van der Waals surface area contributed by atoms with Crippen LogP contribution < -0.4 is 5.32 Å². The summed E-state index contributed by atoms with van der Waals surface area (Å²) in [5.74, 6) is 0.580. The van der Waals surface area contributed by atoms with Gasteiger partial charge in [0.25, 0.3) is 11.1 Å². The van der Waals surface area contributed by atoms with E-state index in [0.717, 1.165) is 11.8 Å². The molecule has 0 aliphatic rings. The molecule has 0 aliphatic carbocycles. The number of benzene rings is 1. The lowest BCUT2D eigenvalue weighted by molar-refractivity contribution is -0.113. The number of hydrogen-bond acceptors (Lipinski definition) is 6. The molecule has 1 amide bonds. The van der Waals surface area contributed by atoms with Crippen LogP contribution in [0.3, 0.4) is 0 Å². The van der Waals surface area contributed by atoms with Gasteiger partial charge in [0.2, 0.25) is 5.91 Å². The smallest absolute Gasteiger partial charge is 0.284 e. The number of anilines is 1. The molecule has 0 bridgehead atoms. The summed E-state index contributed by atoms with van der Waals surface area (Å²) in [4.78, 5) is 11.9. The molecule has 1 aromatic carbocycles. The lowest BCUT2D eigenvalue weighted by Crippen LogP contribution is -2.14. The maximum absolute atomic E-state index is 11.9. The Morgan fingerprint density at radius 3 is 2.87 bits per heavy atom. The van der Waals surface area contributed by atoms with Crippen molar-refractivity contribution < 1.29 is 13.6 Å². The van der Waals surface area contributed by atoms with Crippen molar-refractivity contribution >= 4 is 46.6 Å². The highest BCUT2D eigenvalue weighted by atomic mass is 35.5. The molecule has 0 saturated heterocycles. The fourth-order valence-corrected chi connectivity index (χ4v) is 2.69. The molecule has 0 radical (unpaired) electrons. The summed E-state index contributed by atoms with van der Waals surface area (Å²) in [6.45, 7) is 0. The van der Waals surface area contributed by atoms with Gasteiger partial charge in [-0.25, -0.2) is 0 Å². The van der Waals surface area contributed by atoms with E-state index in [1.54, 1.807) is 30.3 Å². The van der Waals surface area contributed by atoms with Gasteiger partial charge >= 0.3 is 0 Å². The Morgan fingerprint density at radius 2 is 2.13 bits per heavy atom. The fraction of sp³-hybridized carbons (Fsp3) is 0.0714. The summed E-state index contributed by atoms with van der Waals surface area (Å²) in [7, 11) is 0.